The first-order valence-corrected chi connectivity index (χ1v) is 5.41. The molecule has 0 aliphatic rings. The summed E-state index contributed by atoms with van der Waals surface area (Å²) in [7, 11) is 0. The number of benzene rings is 2. The van der Waals surface area contributed by atoms with E-state index in [1.54, 1.807) is 17.4 Å². The van der Waals surface area contributed by atoms with Gasteiger partial charge in [-0.15, -0.1) is 0 Å². The molecular weight excluding hydrogens is 262 g/mol. The molecule has 6 heteroatoms. The summed E-state index contributed by atoms with van der Waals surface area (Å²) in [6.45, 7) is -1.42. The summed E-state index contributed by atoms with van der Waals surface area (Å²) in [5, 5.41) is 2.24. The second-order valence-corrected chi connectivity index (χ2v) is 3.94. The van der Waals surface area contributed by atoms with Crippen molar-refractivity contribution in [2.75, 3.05) is 6.54 Å². The van der Waals surface area contributed by atoms with E-state index in [9.17, 15) is 22.4 Å². The maximum atomic E-state index is 13.5. The van der Waals surface area contributed by atoms with E-state index in [0.717, 1.165) is 6.07 Å². The van der Waals surface area contributed by atoms with Crippen LogP contribution in [0.4, 0.5) is 17.6 Å². The Bertz CT molecular complexity index is 622. The lowest BCUT2D eigenvalue weighted by Crippen LogP contribution is -2.33. The second-order valence-electron chi connectivity index (χ2n) is 3.94. The van der Waals surface area contributed by atoms with Gasteiger partial charge in [0.25, 0.3) is 5.91 Å². The zero-order valence-electron chi connectivity index (χ0n) is 9.59. The largest absolute Gasteiger partial charge is 0.405 e. The fourth-order valence-electron chi connectivity index (χ4n) is 1.74. The lowest BCUT2D eigenvalue weighted by Gasteiger charge is -2.10. The molecule has 0 aliphatic carbocycles. The van der Waals surface area contributed by atoms with Gasteiger partial charge < -0.3 is 5.32 Å². The van der Waals surface area contributed by atoms with Crippen LogP contribution in [0.2, 0.25) is 0 Å². The van der Waals surface area contributed by atoms with Crippen LogP contribution in [0.15, 0.2) is 36.4 Å². The van der Waals surface area contributed by atoms with Crippen LogP contribution in [0.25, 0.3) is 10.8 Å². The van der Waals surface area contributed by atoms with E-state index >= 15 is 0 Å². The molecule has 0 heterocycles. The van der Waals surface area contributed by atoms with E-state index in [0.29, 0.717) is 0 Å². The van der Waals surface area contributed by atoms with Gasteiger partial charge in [-0.1, -0.05) is 24.3 Å². The highest BCUT2D eigenvalue weighted by Gasteiger charge is 2.28. The number of amides is 1. The minimum Gasteiger partial charge on any atom is -0.343 e. The van der Waals surface area contributed by atoms with Crippen LogP contribution < -0.4 is 5.32 Å². The maximum Gasteiger partial charge on any atom is 0.405 e. The highest BCUT2D eigenvalue weighted by atomic mass is 19.4. The quantitative estimate of drug-likeness (QED) is 0.834. The summed E-state index contributed by atoms with van der Waals surface area (Å²) >= 11 is 0. The molecule has 2 aromatic carbocycles. The first-order valence-electron chi connectivity index (χ1n) is 5.41. The van der Waals surface area contributed by atoms with Crippen molar-refractivity contribution in [2.45, 2.75) is 6.18 Å². The summed E-state index contributed by atoms with van der Waals surface area (Å²) in [6, 6.07) is 8.35. The third-order valence-electron chi connectivity index (χ3n) is 2.56. The van der Waals surface area contributed by atoms with Gasteiger partial charge in [-0.3, -0.25) is 4.79 Å². The number of rotatable bonds is 2. The van der Waals surface area contributed by atoms with Crippen LogP contribution in [0, 0.1) is 5.82 Å². The Hall–Kier alpha value is -2.11. The van der Waals surface area contributed by atoms with Gasteiger partial charge in [-0.25, -0.2) is 4.39 Å². The molecule has 0 fully saturated rings. The van der Waals surface area contributed by atoms with Crippen molar-refractivity contribution < 1.29 is 22.4 Å². The van der Waals surface area contributed by atoms with Crippen molar-refractivity contribution in [1.82, 2.24) is 5.32 Å². The van der Waals surface area contributed by atoms with Crippen molar-refractivity contribution >= 4 is 16.7 Å². The van der Waals surface area contributed by atoms with Crippen LogP contribution in [-0.2, 0) is 0 Å². The molecule has 1 N–H and O–H groups in total. The van der Waals surface area contributed by atoms with E-state index < -0.39 is 24.4 Å². The molecule has 1 amide bonds. The topological polar surface area (TPSA) is 29.1 Å². The number of halogens is 4. The zero-order chi connectivity index (χ0) is 14.0. The van der Waals surface area contributed by atoms with Crippen LogP contribution in [0.1, 0.15) is 10.4 Å². The first kappa shape index (κ1) is 13.3. The molecule has 0 saturated heterocycles. The Labute approximate surface area is 106 Å². The van der Waals surface area contributed by atoms with Gasteiger partial charge in [0.05, 0.1) is 0 Å². The van der Waals surface area contributed by atoms with Gasteiger partial charge in [0.1, 0.15) is 12.4 Å². The smallest absolute Gasteiger partial charge is 0.343 e. The van der Waals surface area contributed by atoms with Gasteiger partial charge in [-0.05, 0) is 17.5 Å². The normalized spacial score (nSPS) is 11.6. The lowest BCUT2D eigenvalue weighted by atomic mass is 10.0. The minimum absolute atomic E-state index is 0.0150. The van der Waals surface area contributed by atoms with Crippen LogP contribution in [-0.4, -0.2) is 18.6 Å². The molecule has 2 nitrogen and oxygen atoms in total. The van der Waals surface area contributed by atoms with Crippen molar-refractivity contribution in [3.8, 4) is 0 Å². The number of alkyl halides is 3. The third-order valence-corrected chi connectivity index (χ3v) is 2.56. The van der Waals surface area contributed by atoms with Gasteiger partial charge in [0.2, 0.25) is 0 Å². The van der Waals surface area contributed by atoms with Crippen molar-refractivity contribution in [3.63, 3.8) is 0 Å². The molecule has 0 saturated carbocycles. The Morgan fingerprint density at radius 2 is 1.68 bits per heavy atom. The van der Waals surface area contributed by atoms with Crippen LogP contribution >= 0.6 is 0 Å². The highest BCUT2D eigenvalue weighted by Crippen LogP contribution is 2.22. The number of carbonyl (C=O) groups excluding carboxylic acids is 1. The summed E-state index contributed by atoms with van der Waals surface area (Å²) < 4.78 is 49.6. The minimum atomic E-state index is -4.48. The molecule has 100 valence electrons. The molecule has 0 aliphatic heterocycles. The number of carbonyl (C=O) groups is 1. The van der Waals surface area contributed by atoms with Crippen molar-refractivity contribution in [2.24, 2.45) is 0 Å². The Kier molecular flexibility index (Phi) is 3.42. The fraction of sp³-hybridized carbons (Fsp3) is 0.154. The summed E-state index contributed by atoms with van der Waals surface area (Å²) in [6.07, 6.45) is -4.48. The van der Waals surface area contributed by atoms with Gasteiger partial charge in [0.15, 0.2) is 0 Å². The average Bonchev–Trinajstić information content (AvgIpc) is 2.36. The predicted molar refractivity (Wildman–Crippen MR) is 62.3 cm³/mol. The van der Waals surface area contributed by atoms with E-state index in [2.05, 4.69) is 0 Å². The SMILES string of the molecule is O=C(NCC(F)(F)F)c1ccc(F)c2ccccc12. The number of hydrogen-bond acceptors (Lipinski definition) is 1. The lowest BCUT2D eigenvalue weighted by molar-refractivity contribution is -0.123. The maximum absolute atomic E-state index is 13.5. The highest BCUT2D eigenvalue weighted by molar-refractivity contribution is 6.07. The van der Waals surface area contributed by atoms with Gasteiger partial charge >= 0.3 is 6.18 Å². The monoisotopic (exact) mass is 271 g/mol. The molecule has 0 radical (unpaired) electrons. The molecule has 0 spiro atoms. The standard InChI is InChI=1S/C13H9F4NO/c14-11-6-5-10(8-3-1-2-4-9(8)11)12(19)18-7-13(15,16)17/h1-6H,7H2,(H,18,19). The summed E-state index contributed by atoms with van der Waals surface area (Å²) in [5.41, 5.74) is 0.0150. The van der Waals surface area contributed by atoms with Gasteiger partial charge in [0, 0.05) is 10.9 Å². The van der Waals surface area contributed by atoms with E-state index in [1.165, 1.54) is 18.2 Å². The van der Waals surface area contributed by atoms with E-state index in [-0.39, 0.29) is 16.3 Å². The van der Waals surface area contributed by atoms with Crippen molar-refractivity contribution in [3.05, 3.63) is 47.8 Å². The molecular formula is C13H9F4NO. The Balaban J connectivity index is 2.35. The average molecular weight is 271 g/mol. The molecule has 2 aromatic rings. The zero-order valence-corrected chi connectivity index (χ0v) is 9.59. The Morgan fingerprint density at radius 1 is 1.05 bits per heavy atom. The third kappa shape index (κ3) is 3.01. The molecule has 0 bridgehead atoms. The van der Waals surface area contributed by atoms with Crippen molar-refractivity contribution in [1.29, 1.82) is 0 Å². The fourth-order valence-corrected chi connectivity index (χ4v) is 1.74. The molecule has 0 atom stereocenters. The molecule has 19 heavy (non-hydrogen) atoms. The molecule has 2 rings (SSSR count). The number of hydrogen-bond donors (Lipinski definition) is 1. The second kappa shape index (κ2) is 4.87. The number of nitrogens with one attached hydrogen (secondary N) is 1. The van der Waals surface area contributed by atoms with Gasteiger partial charge in [-0.2, -0.15) is 13.2 Å². The van der Waals surface area contributed by atoms with Crippen LogP contribution in [0.5, 0.6) is 0 Å². The number of fused-ring (bicyclic) bond motifs is 1. The van der Waals surface area contributed by atoms with E-state index in [4.69, 9.17) is 0 Å². The summed E-state index contributed by atoms with van der Waals surface area (Å²) in [5.74, 6) is -1.41. The molecule has 0 unspecified atom stereocenters. The predicted octanol–water partition coefficient (Wildman–Crippen LogP) is 3.27. The first-order chi connectivity index (χ1) is 8.88. The Morgan fingerprint density at radius 3 is 2.32 bits per heavy atom. The van der Waals surface area contributed by atoms with Crippen LogP contribution in [0.3, 0.4) is 0 Å². The summed E-state index contributed by atoms with van der Waals surface area (Å²) in [4.78, 5) is 11.7. The van der Waals surface area contributed by atoms with E-state index in [1.807, 2.05) is 0 Å². The molecule has 0 aromatic heterocycles.